The summed E-state index contributed by atoms with van der Waals surface area (Å²) in [6, 6.07) is 9.92. The minimum absolute atomic E-state index is 0.0912. The third kappa shape index (κ3) is 3.57. The highest BCUT2D eigenvalue weighted by Gasteiger charge is 2.13. The number of amides is 1. The topological polar surface area (TPSA) is 58.4 Å². The molecule has 0 radical (unpaired) electrons. The molecule has 1 amide bonds. The largest absolute Gasteiger partial charge is 0.464 e. The van der Waals surface area contributed by atoms with Crippen LogP contribution >= 0.6 is 0 Å². The van der Waals surface area contributed by atoms with Gasteiger partial charge in [0.25, 0.3) is 0 Å². The number of pyridine rings is 1. The predicted octanol–water partition coefficient (Wildman–Crippen LogP) is 4.31. The summed E-state index contributed by atoms with van der Waals surface area (Å²) in [6.07, 6.45) is 7.55. The predicted molar refractivity (Wildman–Crippen MR) is 104 cm³/mol. The number of rotatable bonds is 4. The first kappa shape index (κ1) is 16.6. The van der Waals surface area contributed by atoms with E-state index in [0.29, 0.717) is 5.82 Å². The maximum atomic E-state index is 12.4. The summed E-state index contributed by atoms with van der Waals surface area (Å²) in [4.78, 5) is 19.1. The molecule has 0 unspecified atom stereocenters. The second-order valence-electron chi connectivity index (χ2n) is 6.93. The Morgan fingerprint density at radius 3 is 2.81 bits per heavy atom. The lowest BCUT2D eigenvalue weighted by molar-refractivity contribution is -0.115. The van der Waals surface area contributed by atoms with E-state index >= 15 is 0 Å². The number of fused-ring (bicyclic) bond motifs is 1. The molecular formula is C21H23N3O2. The van der Waals surface area contributed by atoms with Gasteiger partial charge in [0.2, 0.25) is 5.91 Å². The fraction of sp³-hybridized carbons (Fsp3) is 0.333. The van der Waals surface area contributed by atoms with E-state index in [1.54, 1.807) is 6.26 Å². The van der Waals surface area contributed by atoms with Crippen molar-refractivity contribution in [2.45, 2.75) is 32.6 Å². The average Bonchev–Trinajstić information content (AvgIpc) is 3.04. The van der Waals surface area contributed by atoms with E-state index in [9.17, 15) is 4.79 Å². The molecule has 5 nitrogen and oxygen atoms in total. The maximum absolute atomic E-state index is 12.4. The Hall–Kier alpha value is -2.82. The molecule has 1 aliphatic heterocycles. The number of aryl methyl sites for hydroxylation is 1. The second-order valence-corrected chi connectivity index (χ2v) is 6.93. The standard InChI is InChI=1S/C21H23N3O2/c1-15-5-7-18-16(14-26-19(18)11-15)12-21(25)23-20-8-6-17(13-22-20)24-9-3-2-4-10-24/h5-8,11,13-14H,2-4,9-10,12H2,1H3,(H,22,23,25). The first-order chi connectivity index (χ1) is 12.7. The number of hydrogen-bond donors (Lipinski definition) is 1. The molecule has 3 heterocycles. The van der Waals surface area contributed by atoms with Crippen LogP contribution in [-0.4, -0.2) is 24.0 Å². The van der Waals surface area contributed by atoms with E-state index in [1.165, 1.54) is 19.3 Å². The summed E-state index contributed by atoms with van der Waals surface area (Å²) < 4.78 is 5.56. The zero-order chi connectivity index (χ0) is 17.9. The van der Waals surface area contributed by atoms with Crippen molar-refractivity contribution in [1.82, 2.24) is 4.98 Å². The Kier molecular flexibility index (Phi) is 4.61. The van der Waals surface area contributed by atoms with Crippen LogP contribution in [0.2, 0.25) is 0 Å². The van der Waals surface area contributed by atoms with Crippen molar-refractivity contribution in [1.29, 1.82) is 0 Å². The Morgan fingerprint density at radius 1 is 1.19 bits per heavy atom. The molecule has 134 valence electrons. The van der Waals surface area contributed by atoms with Crippen LogP contribution in [0.4, 0.5) is 11.5 Å². The molecule has 1 N–H and O–H groups in total. The van der Waals surface area contributed by atoms with Gasteiger partial charge in [-0.05, 0) is 49.9 Å². The molecule has 0 aliphatic carbocycles. The smallest absolute Gasteiger partial charge is 0.230 e. The molecule has 0 saturated carbocycles. The van der Waals surface area contributed by atoms with E-state index in [-0.39, 0.29) is 12.3 Å². The van der Waals surface area contributed by atoms with Crippen molar-refractivity contribution in [3.63, 3.8) is 0 Å². The Balaban J connectivity index is 1.41. The van der Waals surface area contributed by atoms with Gasteiger partial charge in [0.1, 0.15) is 11.4 Å². The van der Waals surface area contributed by atoms with Crippen molar-refractivity contribution in [3.8, 4) is 0 Å². The van der Waals surface area contributed by atoms with Crippen LogP contribution in [0.15, 0.2) is 47.2 Å². The second kappa shape index (κ2) is 7.20. The number of anilines is 2. The third-order valence-corrected chi connectivity index (χ3v) is 4.90. The van der Waals surface area contributed by atoms with Gasteiger partial charge in [-0.25, -0.2) is 4.98 Å². The Bertz CT molecular complexity index is 909. The number of nitrogens with one attached hydrogen (secondary N) is 1. The van der Waals surface area contributed by atoms with Crippen molar-refractivity contribution in [3.05, 3.63) is 53.9 Å². The number of aromatic nitrogens is 1. The number of hydrogen-bond acceptors (Lipinski definition) is 4. The summed E-state index contributed by atoms with van der Waals surface area (Å²) in [5.74, 6) is 0.492. The van der Waals surface area contributed by atoms with E-state index < -0.39 is 0 Å². The summed E-state index contributed by atoms with van der Waals surface area (Å²) in [6.45, 7) is 4.19. The van der Waals surface area contributed by atoms with Crippen molar-refractivity contribution >= 4 is 28.4 Å². The highest BCUT2D eigenvalue weighted by Crippen LogP contribution is 2.23. The van der Waals surface area contributed by atoms with Gasteiger partial charge in [-0.3, -0.25) is 4.79 Å². The Morgan fingerprint density at radius 2 is 2.04 bits per heavy atom. The number of carbonyl (C=O) groups is 1. The van der Waals surface area contributed by atoms with Gasteiger partial charge in [-0.15, -0.1) is 0 Å². The molecule has 1 aliphatic rings. The highest BCUT2D eigenvalue weighted by atomic mass is 16.3. The molecule has 1 saturated heterocycles. The summed E-state index contributed by atoms with van der Waals surface area (Å²) in [7, 11) is 0. The Labute approximate surface area is 153 Å². The molecule has 1 aromatic carbocycles. The fourth-order valence-electron chi connectivity index (χ4n) is 3.49. The van der Waals surface area contributed by atoms with Crippen LogP contribution in [0.3, 0.4) is 0 Å². The molecule has 5 heteroatoms. The first-order valence-corrected chi connectivity index (χ1v) is 9.16. The van der Waals surface area contributed by atoms with Crippen LogP contribution in [-0.2, 0) is 11.2 Å². The molecule has 3 aromatic rings. The van der Waals surface area contributed by atoms with Crippen LogP contribution in [0.5, 0.6) is 0 Å². The summed E-state index contributed by atoms with van der Waals surface area (Å²) >= 11 is 0. The lowest BCUT2D eigenvalue weighted by atomic mass is 10.1. The summed E-state index contributed by atoms with van der Waals surface area (Å²) in [5, 5.41) is 3.86. The zero-order valence-electron chi connectivity index (χ0n) is 15.0. The quantitative estimate of drug-likeness (QED) is 0.762. The molecule has 0 spiro atoms. The van der Waals surface area contributed by atoms with Crippen molar-refractivity contribution in [2.75, 3.05) is 23.3 Å². The molecule has 1 fully saturated rings. The third-order valence-electron chi connectivity index (χ3n) is 4.90. The average molecular weight is 349 g/mol. The van der Waals surface area contributed by atoms with Gasteiger partial charge in [0.15, 0.2) is 0 Å². The minimum atomic E-state index is -0.0912. The van der Waals surface area contributed by atoms with E-state index in [4.69, 9.17) is 4.42 Å². The number of benzene rings is 1. The van der Waals surface area contributed by atoms with E-state index in [2.05, 4.69) is 15.2 Å². The molecule has 0 atom stereocenters. The van der Waals surface area contributed by atoms with E-state index in [1.807, 2.05) is 43.5 Å². The van der Waals surface area contributed by atoms with Gasteiger partial charge < -0.3 is 14.6 Å². The highest BCUT2D eigenvalue weighted by molar-refractivity contribution is 5.94. The number of piperidine rings is 1. The maximum Gasteiger partial charge on any atom is 0.230 e. The van der Waals surface area contributed by atoms with Gasteiger partial charge in [-0.1, -0.05) is 12.1 Å². The van der Waals surface area contributed by atoms with Crippen LogP contribution < -0.4 is 10.2 Å². The van der Waals surface area contributed by atoms with Gasteiger partial charge >= 0.3 is 0 Å². The number of furan rings is 1. The zero-order valence-corrected chi connectivity index (χ0v) is 15.0. The monoisotopic (exact) mass is 349 g/mol. The summed E-state index contributed by atoms with van der Waals surface area (Å²) in [5.41, 5.74) is 3.97. The van der Waals surface area contributed by atoms with Gasteiger partial charge in [0, 0.05) is 24.0 Å². The van der Waals surface area contributed by atoms with Crippen molar-refractivity contribution in [2.24, 2.45) is 0 Å². The number of carbonyl (C=O) groups excluding carboxylic acids is 1. The van der Waals surface area contributed by atoms with E-state index in [0.717, 1.165) is 40.9 Å². The SMILES string of the molecule is Cc1ccc2c(CC(=O)Nc3ccc(N4CCCCC4)cn3)coc2c1. The number of nitrogens with zero attached hydrogens (tertiary/aromatic N) is 2. The lowest BCUT2D eigenvalue weighted by Crippen LogP contribution is -2.29. The minimum Gasteiger partial charge on any atom is -0.464 e. The lowest BCUT2D eigenvalue weighted by Gasteiger charge is -2.28. The normalized spacial score (nSPS) is 14.6. The molecule has 26 heavy (non-hydrogen) atoms. The molecule has 2 aromatic heterocycles. The first-order valence-electron chi connectivity index (χ1n) is 9.16. The van der Waals surface area contributed by atoms with Crippen LogP contribution in [0.25, 0.3) is 11.0 Å². The molecular weight excluding hydrogens is 326 g/mol. The molecule has 0 bridgehead atoms. The van der Waals surface area contributed by atoms with Gasteiger partial charge in [0.05, 0.1) is 24.6 Å². The van der Waals surface area contributed by atoms with Crippen LogP contribution in [0, 0.1) is 6.92 Å². The fourth-order valence-corrected chi connectivity index (χ4v) is 3.49. The van der Waals surface area contributed by atoms with Gasteiger partial charge in [-0.2, -0.15) is 0 Å². The van der Waals surface area contributed by atoms with Crippen molar-refractivity contribution < 1.29 is 9.21 Å². The molecule has 4 rings (SSSR count). The van der Waals surface area contributed by atoms with Crippen LogP contribution in [0.1, 0.15) is 30.4 Å².